The van der Waals surface area contributed by atoms with Gasteiger partial charge in [0, 0.05) is 11.1 Å². The van der Waals surface area contributed by atoms with Gasteiger partial charge in [0.05, 0.1) is 5.57 Å². The van der Waals surface area contributed by atoms with E-state index in [0.29, 0.717) is 11.1 Å². The number of hydrogen-bond acceptors (Lipinski definition) is 4. The number of ether oxygens (including phenoxy) is 2. The Kier molecular flexibility index (Phi) is 4.70. The van der Waals surface area contributed by atoms with Gasteiger partial charge < -0.3 is 9.47 Å². The topological polar surface area (TPSA) is 52.6 Å². The van der Waals surface area contributed by atoms with Crippen molar-refractivity contribution >= 4 is 17.8 Å². The molecule has 0 aliphatic carbocycles. The van der Waals surface area contributed by atoms with Gasteiger partial charge in [-0.1, -0.05) is 30.3 Å². The monoisotopic (exact) mass is 336 g/mol. The maximum atomic E-state index is 12.5. The SMILES string of the molecule is Cc1ccc(C(=O)[C@@H](C)OC(=O)C2=Cc3ccccc3OC2)cc1C. The molecule has 1 aliphatic heterocycles. The molecule has 0 radical (unpaired) electrons. The molecular formula is C21H20O4. The average Bonchev–Trinajstić information content (AvgIpc) is 2.62. The largest absolute Gasteiger partial charge is 0.488 e. The van der Waals surface area contributed by atoms with Crippen LogP contribution < -0.4 is 4.74 Å². The van der Waals surface area contributed by atoms with Crippen molar-refractivity contribution in [3.05, 3.63) is 70.3 Å². The molecule has 0 spiro atoms. The zero-order chi connectivity index (χ0) is 18.0. The van der Waals surface area contributed by atoms with Crippen LogP contribution in [0.2, 0.25) is 0 Å². The van der Waals surface area contributed by atoms with Crippen molar-refractivity contribution in [2.45, 2.75) is 26.9 Å². The molecule has 3 rings (SSSR count). The number of ketones is 1. The second kappa shape index (κ2) is 6.93. The fourth-order valence-electron chi connectivity index (χ4n) is 2.65. The Morgan fingerprint density at radius 1 is 1.08 bits per heavy atom. The fourth-order valence-corrected chi connectivity index (χ4v) is 2.65. The normalized spacial score (nSPS) is 14.0. The van der Waals surface area contributed by atoms with Crippen LogP contribution in [0.4, 0.5) is 0 Å². The Morgan fingerprint density at radius 3 is 2.60 bits per heavy atom. The second-order valence-corrected chi connectivity index (χ2v) is 6.21. The van der Waals surface area contributed by atoms with E-state index in [1.807, 2.05) is 50.2 Å². The maximum absolute atomic E-state index is 12.5. The van der Waals surface area contributed by atoms with Crippen LogP contribution in [0.1, 0.15) is 34.0 Å². The van der Waals surface area contributed by atoms with E-state index in [1.54, 1.807) is 19.1 Å². The van der Waals surface area contributed by atoms with Gasteiger partial charge in [-0.2, -0.15) is 0 Å². The number of benzene rings is 2. The zero-order valence-corrected chi connectivity index (χ0v) is 14.5. The fraction of sp³-hybridized carbons (Fsp3) is 0.238. The first-order valence-corrected chi connectivity index (χ1v) is 8.20. The molecule has 0 saturated carbocycles. The standard InChI is InChI=1S/C21H20O4/c1-13-8-9-17(10-14(13)2)20(22)15(3)25-21(23)18-11-16-6-4-5-7-19(16)24-12-18/h4-11,15H,12H2,1-3H3/t15-/m1/s1. The van der Waals surface area contributed by atoms with E-state index < -0.39 is 12.1 Å². The van der Waals surface area contributed by atoms with E-state index in [9.17, 15) is 9.59 Å². The Hall–Kier alpha value is -2.88. The van der Waals surface area contributed by atoms with Gasteiger partial charge >= 0.3 is 5.97 Å². The van der Waals surface area contributed by atoms with E-state index in [-0.39, 0.29) is 12.4 Å². The number of carbonyl (C=O) groups is 2. The van der Waals surface area contributed by atoms with Crippen LogP contribution >= 0.6 is 0 Å². The van der Waals surface area contributed by atoms with Crippen molar-refractivity contribution in [1.29, 1.82) is 0 Å². The van der Waals surface area contributed by atoms with Crippen LogP contribution in [-0.2, 0) is 9.53 Å². The van der Waals surface area contributed by atoms with Gasteiger partial charge in [-0.05, 0) is 50.1 Å². The lowest BCUT2D eigenvalue weighted by atomic mass is 10.0. The minimum atomic E-state index is -0.854. The molecule has 2 aromatic rings. The van der Waals surface area contributed by atoms with Gasteiger partial charge in [0.25, 0.3) is 0 Å². The molecule has 2 aromatic carbocycles. The summed E-state index contributed by atoms with van der Waals surface area (Å²) in [5.41, 5.74) is 3.92. The molecule has 0 amide bonds. The lowest BCUT2D eigenvalue weighted by molar-refractivity contribution is -0.141. The molecule has 25 heavy (non-hydrogen) atoms. The van der Waals surface area contributed by atoms with Gasteiger partial charge in [0.15, 0.2) is 6.10 Å². The number of aryl methyl sites for hydroxylation is 2. The van der Waals surface area contributed by atoms with Gasteiger partial charge in [-0.3, -0.25) is 4.79 Å². The highest BCUT2D eigenvalue weighted by molar-refractivity contribution is 6.02. The number of Topliss-reactive ketones (excluding diaryl/α,β-unsaturated/α-hetero) is 1. The van der Waals surface area contributed by atoms with E-state index in [4.69, 9.17) is 9.47 Å². The number of para-hydroxylation sites is 1. The van der Waals surface area contributed by atoms with E-state index in [0.717, 1.165) is 22.4 Å². The number of esters is 1. The second-order valence-electron chi connectivity index (χ2n) is 6.21. The Labute approximate surface area is 147 Å². The number of fused-ring (bicyclic) bond motifs is 1. The Morgan fingerprint density at radius 2 is 1.84 bits per heavy atom. The molecular weight excluding hydrogens is 316 g/mol. The van der Waals surface area contributed by atoms with Crippen molar-refractivity contribution in [3.63, 3.8) is 0 Å². The minimum absolute atomic E-state index is 0.139. The zero-order valence-electron chi connectivity index (χ0n) is 14.5. The van der Waals surface area contributed by atoms with E-state index in [2.05, 4.69) is 0 Å². The van der Waals surface area contributed by atoms with Crippen LogP contribution in [0, 0.1) is 13.8 Å². The van der Waals surface area contributed by atoms with Crippen LogP contribution in [0.25, 0.3) is 6.08 Å². The average molecular weight is 336 g/mol. The maximum Gasteiger partial charge on any atom is 0.338 e. The van der Waals surface area contributed by atoms with Gasteiger partial charge in [-0.15, -0.1) is 0 Å². The lowest BCUT2D eigenvalue weighted by Crippen LogP contribution is -2.27. The summed E-state index contributed by atoms with van der Waals surface area (Å²) in [6.07, 6.45) is 0.890. The molecule has 1 aliphatic rings. The highest BCUT2D eigenvalue weighted by Crippen LogP contribution is 2.26. The number of rotatable bonds is 4. The predicted octanol–water partition coefficient (Wildman–Crippen LogP) is 3.89. The Balaban J connectivity index is 1.71. The van der Waals surface area contributed by atoms with Gasteiger partial charge in [0.1, 0.15) is 12.4 Å². The smallest absolute Gasteiger partial charge is 0.338 e. The third-order valence-electron chi connectivity index (χ3n) is 4.34. The molecule has 0 saturated heterocycles. The molecule has 0 unspecified atom stereocenters. The van der Waals surface area contributed by atoms with Crippen LogP contribution in [-0.4, -0.2) is 24.5 Å². The number of hydrogen-bond donors (Lipinski definition) is 0. The summed E-state index contributed by atoms with van der Waals surface area (Å²) in [4.78, 5) is 24.8. The summed E-state index contributed by atoms with van der Waals surface area (Å²) in [6, 6.07) is 12.9. The summed E-state index contributed by atoms with van der Waals surface area (Å²) in [7, 11) is 0. The summed E-state index contributed by atoms with van der Waals surface area (Å²) in [5, 5.41) is 0. The van der Waals surface area contributed by atoms with Crippen LogP contribution in [0.15, 0.2) is 48.0 Å². The predicted molar refractivity (Wildman–Crippen MR) is 95.7 cm³/mol. The van der Waals surface area contributed by atoms with Crippen LogP contribution in [0.5, 0.6) is 5.75 Å². The summed E-state index contributed by atoms with van der Waals surface area (Å²) < 4.78 is 10.9. The molecule has 1 heterocycles. The van der Waals surface area contributed by atoms with E-state index in [1.165, 1.54) is 0 Å². The lowest BCUT2D eigenvalue weighted by Gasteiger charge is -2.19. The molecule has 4 heteroatoms. The van der Waals surface area contributed by atoms with Crippen molar-refractivity contribution in [1.82, 2.24) is 0 Å². The first-order valence-electron chi connectivity index (χ1n) is 8.20. The molecule has 0 fully saturated rings. The van der Waals surface area contributed by atoms with Crippen LogP contribution in [0.3, 0.4) is 0 Å². The first kappa shape index (κ1) is 17.0. The molecule has 0 N–H and O–H groups in total. The molecule has 0 aromatic heterocycles. The molecule has 1 atom stereocenters. The molecule has 4 nitrogen and oxygen atoms in total. The van der Waals surface area contributed by atoms with Gasteiger partial charge in [-0.25, -0.2) is 4.79 Å². The van der Waals surface area contributed by atoms with Crippen molar-refractivity contribution in [2.75, 3.05) is 6.61 Å². The third-order valence-corrected chi connectivity index (χ3v) is 4.34. The van der Waals surface area contributed by atoms with Gasteiger partial charge in [0.2, 0.25) is 5.78 Å². The highest BCUT2D eigenvalue weighted by atomic mass is 16.5. The summed E-state index contributed by atoms with van der Waals surface area (Å²) in [6.45, 7) is 5.67. The molecule has 0 bridgehead atoms. The highest BCUT2D eigenvalue weighted by Gasteiger charge is 2.24. The number of carbonyl (C=O) groups excluding carboxylic acids is 2. The van der Waals surface area contributed by atoms with E-state index >= 15 is 0 Å². The minimum Gasteiger partial charge on any atom is -0.488 e. The first-order chi connectivity index (χ1) is 12.0. The third kappa shape index (κ3) is 3.63. The Bertz CT molecular complexity index is 864. The summed E-state index contributed by atoms with van der Waals surface area (Å²) >= 11 is 0. The molecule has 128 valence electrons. The van der Waals surface area contributed by atoms with Crippen molar-refractivity contribution < 1.29 is 19.1 Å². The quantitative estimate of drug-likeness (QED) is 0.628. The summed E-state index contributed by atoms with van der Waals surface area (Å²) in [5.74, 6) is -0.00771. The van der Waals surface area contributed by atoms with Crippen molar-refractivity contribution in [3.8, 4) is 5.75 Å². The van der Waals surface area contributed by atoms with Crippen molar-refractivity contribution in [2.24, 2.45) is 0 Å².